The first-order valence-corrected chi connectivity index (χ1v) is 16.3. The van der Waals surface area contributed by atoms with Gasteiger partial charge in [-0.15, -0.1) is 0 Å². The number of amides is 2. The van der Waals surface area contributed by atoms with Gasteiger partial charge in [0, 0.05) is 35.6 Å². The largest absolute Gasteiger partial charge is 0.390 e. The third-order valence-corrected chi connectivity index (χ3v) is 11.6. The Bertz CT molecular complexity index is 1480. The second kappa shape index (κ2) is 12.0. The predicted molar refractivity (Wildman–Crippen MR) is 157 cm³/mol. The number of hydrogen-bond donors (Lipinski definition) is 4. The fourth-order valence-corrected chi connectivity index (χ4v) is 7.86. The number of rotatable bonds is 11. The summed E-state index contributed by atoms with van der Waals surface area (Å²) in [6.45, 7) is 4.98. The van der Waals surface area contributed by atoms with Crippen LogP contribution in [0.1, 0.15) is 81.0 Å². The lowest BCUT2D eigenvalue weighted by Gasteiger charge is -2.35. The van der Waals surface area contributed by atoms with Crippen molar-refractivity contribution in [3.63, 3.8) is 0 Å². The van der Waals surface area contributed by atoms with Gasteiger partial charge in [0.2, 0.25) is 5.91 Å². The molecule has 2 amide bonds. The molecule has 3 aromatic rings. The van der Waals surface area contributed by atoms with Gasteiger partial charge >= 0.3 is 0 Å². The fourth-order valence-electron chi connectivity index (χ4n) is 6.42. The molecule has 222 valence electrons. The summed E-state index contributed by atoms with van der Waals surface area (Å²) in [6, 6.07) is 6.03. The number of H-pyrrole nitrogens is 2. The van der Waals surface area contributed by atoms with Crippen LogP contribution in [-0.2, 0) is 27.6 Å². The summed E-state index contributed by atoms with van der Waals surface area (Å²) in [5.41, 5.74) is 2.82. The quantitative estimate of drug-likeness (QED) is 0.272. The van der Waals surface area contributed by atoms with E-state index in [1.54, 1.807) is 24.9 Å². The molecule has 4 atom stereocenters. The molecular formula is C30H41N5O5S. The van der Waals surface area contributed by atoms with Gasteiger partial charge in [-0.3, -0.25) is 9.59 Å². The van der Waals surface area contributed by atoms with E-state index in [2.05, 4.69) is 20.3 Å². The number of nitrogens with zero attached hydrogens (tertiary/aromatic N) is 2. The SMILES string of the molecule is CC(C)S(=O)(=O)C(C)C(O)C(CC1CCCCC1)NC(=O)C(Cc1c[nH]cn1)N1Cc2c([nH]c3ccccc23)C1=O. The first kappa shape index (κ1) is 29.3. The highest BCUT2D eigenvalue weighted by Crippen LogP contribution is 2.33. The van der Waals surface area contributed by atoms with Gasteiger partial charge in [-0.2, -0.15) is 0 Å². The molecule has 4 unspecified atom stereocenters. The lowest BCUT2D eigenvalue weighted by molar-refractivity contribution is -0.127. The van der Waals surface area contributed by atoms with Crippen LogP contribution in [0.15, 0.2) is 36.8 Å². The average Bonchev–Trinajstić information content (AvgIpc) is 3.68. The zero-order valence-corrected chi connectivity index (χ0v) is 24.8. The van der Waals surface area contributed by atoms with Crippen molar-refractivity contribution in [1.29, 1.82) is 0 Å². The Hall–Kier alpha value is -3.18. The van der Waals surface area contributed by atoms with Gasteiger partial charge in [-0.05, 0) is 39.2 Å². The number of aromatic nitrogens is 3. The number of imidazole rings is 1. The molecule has 0 bridgehead atoms. The Morgan fingerprint density at radius 2 is 1.90 bits per heavy atom. The smallest absolute Gasteiger partial charge is 0.271 e. The number of carbonyl (C=O) groups excluding carboxylic acids is 2. The number of aliphatic hydroxyl groups excluding tert-OH is 1. The molecule has 1 aliphatic heterocycles. The van der Waals surface area contributed by atoms with E-state index < -0.39 is 44.4 Å². The van der Waals surface area contributed by atoms with Crippen LogP contribution in [0.4, 0.5) is 0 Å². The second-order valence-electron chi connectivity index (χ2n) is 11.9. The molecule has 3 heterocycles. The molecule has 1 aliphatic carbocycles. The molecule has 4 N–H and O–H groups in total. The Balaban J connectivity index is 1.43. The van der Waals surface area contributed by atoms with E-state index in [0.29, 0.717) is 17.8 Å². The van der Waals surface area contributed by atoms with E-state index >= 15 is 0 Å². The summed E-state index contributed by atoms with van der Waals surface area (Å²) in [4.78, 5) is 39.7. The van der Waals surface area contributed by atoms with Crippen LogP contribution in [0.2, 0.25) is 0 Å². The summed E-state index contributed by atoms with van der Waals surface area (Å²) in [7, 11) is -3.62. The van der Waals surface area contributed by atoms with Gasteiger partial charge in [0.1, 0.15) is 11.7 Å². The van der Waals surface area contributed by atoms with Crippen molar-refractivity contribution in [3.05, 3.63) is 53.7 Å². The Labute approximate surface area is 241 Å². The molecule has 5 rings (SSSR count). The van der Waals surface area contributed by atoms with Crippen LogP contribution < -0.4 is 5.32 Å². The Morgan fingerprint density at radius 3 is 2.59 bits per heavy atom. The number of nitrogens with one attached hydrogen (secondary N) is 3. The minimum absolute atomic E-state index is 0.176. The number of benzene rings is 1. The predicted octanol–water partition coefficient (Wildman–Crippen LogP) is 3.49. The standard InChI is InChI=1S/C30H41N5O5S/c1-18(2)41(39,40)19(3)28(36)25(13-20-9-5-4-6-10-20)34-29(37)26(14-21-15-31-17-32-21)35-16-23-22-11-7-8-12-24(22)33-27(23)30(35)38/h7-8,11-12,15,17-20,25-26,28,33,36H,4-6,9-10,13-14,16H2,1-3H3,(H,31,32)(H,34,37). The summed E-state index contributed by atoms with van der Waals surface area (Å²) < 4.78 is 26.0. The van der Waals surface area contributed by atoms with Crippen LogP contribution >= 0.6 is 0 Å². The van der Waals surface area contributed by atoms with Gasteiger partial charge < -0.3 is 25.3 Å². The minimum atomic E-state index is -3.62. The molecule has 2 aliphatic rings. The Kier molecular flexibility index (Phi) is 8.56. The van der Waals surface area contributed by atoms with Crippen LogP contribution in [0.25, 0.3) is 10.9 Å². The van der Waals surface area contributed by atoms with Crippen molar-refractivity contribution in [2.45, 2.75) is 101 Å². The maximum absolute atomic E-state index is 14.1. The van der Waals surface area contributed by atoms with Crippen molar-refractivity contribution >= 4 is 32.6 Å². The highest BCUT2D eigenvalue weighted by Gasteiger charge is 2.42. The van der Waals surface area contributed by atoms with Gasteiger partial charge in [0.05, 0.1) is 34.7 Å². The minimum Gasteiger partial charge on any atom is -0.390 e. The van der Waals surface area contributed by atoms with Crippen LogP contribution in [0.5, 0.6) is 0 Å². The lowest BCUT2D eigenvalue weighted by Crippen LogP contribution is -2.56. The van der Waals surface area contributed by atoms with Gasteiger partial charge in [-0.1, -0.05) is 50.3 Å². The molecule has 0 spiro atoms. The van der Waals surface area contributed by atoms with E-state index in [-0.39, 0.29) is 24.8 Å². The van der Waals surface area contributed by atoms with Crippen LogP contribution in [0.3, 0.4) is 0 Å². The van der Waals surface area contributed by atoms with E-state index in [0.717, 1.165) is 48.6 Å². The molecule has 0 saturated heterocycles. The highest BCUT2D eigenvalue weighted by atomic mass is 32.2. The third kappa shape index (κ3) is 5.92. The molecule has 41 heavy (non-hydrogen) atoms. The summed E-state index contributed by atoms with van der Waals surface area (Å²) in [5, 5.41) is 13.7. The monoisotopic (exact) mass is 583 g/mol. The number of carbonyl (C=O) groups is 2. The van der Waals surface area contributed by atoms with E-state index in [1.807, 2.05) is 24.3 Å². The number of para-hydroxylation sites is 1. The zero-order chi connectivity index (χ0) is 29.3. The second-order valence-corrected chi connectivity index (χ2v) is 14.8. The molecule has 11 heteroatoms. The van der Waals surface area contributed by atoms with Crippen LogP contribution in [0, 0.1) is 5.92 Å². The molecule has 1 aromatic carbocycles. The Morgan fingerprint density at radius 1 is 1.17 bits per heavy atom. The van der Waals surface area contributed by atoms with Crippen molar-refractivity contribution in [2.75, 3.05) is 0 Å². The number of aliphatic hydroxyl groups is 1. The van der Waals surface area contributed by atoms with Crippen molar-refractivity contribution in [1.82, 2.24) is 25.2 Å². The number of sulfone groups is 1. The van der Waals surface area contributed by atoms with E-state index in [9.17, 15) is 23.1 Å². The van der Waals surface area contributed by atoms with Crippen molar-refractivity contribution in [3.8, 4) is 0 Å². The summed E-state index contributed by atoms with van der Waals surface area (Å²) in [5.74, 6) is -0.418. The molecular weight excluding hydrogens is 542 g/mol. The number of hydrogen-bond acceptors (Lipinski definition) is 6. The van der Waals surface area contributed by atoms with Gasteiger partial charge in [0.15, 0.2) is 9.84 Å². The first-order chi connectivity index (χ1) is 19.6. The van der Waals surface area contributed by atoms with E-state index in [4.69, 9.17) is 0 Å². The average molecular weight is 584 g/mol. The van der Waals surface area contributed by atoms with Crippen molar-refractivity contribution in [2.24, 2.45) is 5.92 Å². The maximum Gasteiger partial charge on any atom is 0.271 e. The molecule has 10 nitrogen and oxygen atoms in total. The number of fused-ring (bicyclic) bond motifs is 3. The first-order valence-electron chi connectivity index (χ1n) is 14.7. The van der Waals surface area contributed by atoms with Gasteiger partial charge in [0.25, 0.3) is 5.91 Å². The van der Waals surface area contributed by atoms with Crippen LogP contribution in [-0.4, -0.2) is 73.9 Å². The summed E-state index contributed by atoms with van der Waals surface area (Å²) >= 11 is 0. The number of aromatic amines is 2. The fraction of sp³-hybridized carbons (Fsp3) is 0.567. The summed E-state index contributed by atoms with van der Waals surface area (Å²) in [6.07, 6.45) is 7.88. The zero-order valence-electron chi connectivity index (χ0n) is 24.0. The maximum atomic E-state index is 14.1. The van der Waals surface area contributed by atoms with E-state index in [1.165, 1.54) is 13.3 Å². The topological polar surface area (TPSA) is 148 Å². The molecule has 1 saturated carbocycles. The van der Waals surface area contributed by atoms with Gasteiger partial charge in [-0.25, -0.2) is 13.4 Å². The molecule has 2 aromatic heterocycles. The normalized spacial score (nSPS) is 19.3. The highest BCUT2D eigenvalue weighted by molar-refractivity contribution is 7.92. The molecule has 0 radical (unpaired) electrons. The third-order valence-electron chi connectivity index (χ3n) is 8.96. The van der Waals surface area contributed by atoms with Crippen molar-refractivity contribution < 1.29 is 23.1 Å². The lowest BCUT2D eigenvalue weighted by atomic mass is 9.83. The molecule has 1 fully saturated rings.